The zero-order chi connectivity index (χ0) is 19.4. The Morgan fingerprint density at radius 1 is 1.50 bits per heavy atom. The fourth-order valence-electron chi connectivity index (χ4n) is 2.12. The number of nitrogens with one attached hydrogen (secondary N) is 1. The summed E-state index contributed by atoms with van der Waals surface area (Å²) in [6.07, 6.45) is 0.244. The molecule has 0 saturated carbocycles. The summed E-state index contributed by atoms with van der Waals surface area (Å²) in [6.45, 7) is 1.24. The van der Waals surface area contributed by atoms with E-state index >= 15 is 0 Å². The van der Waals surface area contributed by atoms with Gasteiger partial charge in [0.15, 0.2) is 11.5 Å². The van der Waals surface area contributed by atoms with Crippen LogP contribution in [0.3, 0.4) is 0 Å². The van der Waals surface area contributed by atoms with Crippen LogP contribution in [0.15, 0.2) is 22.6 Å². The van der Waals surface area contributed by atoms with Crippen LogP contribution in [0.2, 0.25) is 5.02 Å². The van der Waals surface area contributed by atoms with E-state index in [4.69, 9.17) is 20.8 Å². The monoisotopic (exact) mass is 469 g/mol. The van der Waals surface area contributed by atoms with E-state index in [0.717, 1.165) is 13.0 Å². The van der Waals surface area contributed by atoms with E-state index < -0.39 is 33.3 Å². The molecule has 0 bridgehead atoms. The summed E-state index contributed by atoms with van der Waals surface area (Å²) in [5, 5.41) is 10.2. The van der Waals surface area contributed by atoms with Gasteiger partial charge in [0.2, 0.25) is 22.4 Å². The van der Waals surface area contributed by atoms with Crippen LogP contribution in [0, 0.1) is 5.82 Å². The molecule has 0 amide bonds. The highest BCUT2D eigenvalue weighted by Gasteiger charge is 2.28. The molecule has 2 rings (SSSR count). The number of alkyl halides is 1. The largest absolute Gasteiger partial charge is 0.502 e. The standard InChI is InChI=1S/C15H14BrClFNO6S/c1-7(20)24-15-12(21)13(8-2-3-11(18)10(17)6-8)25-14(15)9(16)4-5-19-26(22)23/h2-3,6,9,21,26H,4-5H2,1H3,(H,19,22,23). The van der Waals surface area contributed by atoms with E-state index in [2.05, 4.69) is 20.7 Å². The molecule has 0 aliphatic carbocycles. The third kappa shape index (κ3) is 4.97. The van der Waals surface area contributed by atoms with Crippen molar-refractivity contribution < 1.29 is 31.9 Å². The minimum Gasteiger partial charge on any atom is -0.502 e. The zero-order valence-corrected chi connectivity index (χ0v) is 16.5. The lowest BCUT2D eigenvalue weighted by molar-refractivity contribution is -0.132. The van der Waals surface area contributed by atoms with Crippen LogP contribution >= 0.6 is 27.5 Å². The van der Waals surface area contributed by atoms with Gasteiger partial charge in [0.05, 0.1) is 9.85 Å². The lowest BCUT2D eigenvalue weighted by Crippen LogP contribution is -2.14. The number of hydrogen-bond acceptors (Lipinski definition) is 6. The molecule has 0 spiro atoms. The van der Waals surface area contributed by atoms with Gasteiger partial charge >= 0.3 is 5.97 Å². The molecule has 2 aromatic rings. The second kappa shape index (κ2) is 8.85. The number of carbonyl (C=O) groups is 1. The Bertz CT molecular complexity index is 893. The van der Waals surface area contributed by atoms with E-state index in [1.54, 1.807) is 0 Å². The Morgan fingerprint density at radius 2 is 2.19 bits per heavy atom. The van der Waals surface area contributed by atoms with Crippen LogP contribution in [-0.2, 0) is 15.7 Å². The summed E-state index contributed by atoms with van der Waals surface area (Å²) in [5.74, 6) is -1.97. The molecule has 0 saturated heterocycles. The third-order valence-corrected chi connectivity index (χ3v) is 4.86. The summed E-state index contributed by atoms with van der Waals surface area (Å²) in [6, 6.07) is 3.70. The van der Waals surface area contributed by atoms with Crippen molar-refractivity contribution >= 4 is 44.4 Å². The number of rotatable bonds is 7. The van der Waals surface area contributed by atoms with Gasteiger partial charge in [0, 0.05) is 19.0 Å². The third-order valence-electron chi connectivity index (χ3n) is 3.22. The topological polar surface area (TPSA) is 106 Å². The predicted molar refractivity (Wildman–Crippen MR) is 96.7 cm³/mol. The molecular formula is C15H14BrClFNO6S. The molecule has 2 N–H and O–H groups in total. The number of esters is 1. The minimum absolute atomic E-state index is 0.0644. The highest BCUT2D eigenvalue weighted by atomic mass is 79.9. The molecule has 0 fully saturated rings. The van der Waals surface area contributed by atoms with Crippen molar-refractivity contribution in [3.05, 3.63) is 34.8 Å². The van der Waals surface area contributed by atoms with Crippen molar-refractivity contribution in [2.45, 2.75) is 18.2 Å². The molecule has 1 unspecified atom stereocenters. The van der Waals surface area contributed by atoms with Crippen molar-refractivity contribution in [1.29, 1.82) is 0 Å². The molecule has 142 valence electrons. The molecule has 26 heavy (non-hydrogen) atoms. The van der Waals surface area contributed by atoms with E-state index in [0.29, 0.717) is 0 Å². The number of aromatic hydroxyl groups is 1. The van der Waals surface area contributed by atoms with E-state index in [9.17, 15) is 22.7 Å². The number of furan rings is 1. The second-order valence-electron chi connectivity index (χ2n) is 5.12. The predicted octanol–water partition coefficient (Wildman–Crippen LogP) is 3.31. The fraction of sp³-hybridized carbons (Fsp3) is 0.267. The Hall–Kier alpha value is -1.62. The van der Waals surface area contributed by atoms with Crippen molar-refractivity contribution in [3.8, 4) is 22.8 Å². The maximum absolute atomic E-state index is 13.3. The van der Waals surface area contributed by atoms with E-state index in [1.165, 1.54) is 12.1 Å². The fourth-order valence-corrected chi connectivity index (χ4v) is 3.14. The van der Waals surface area contributed by atoms with Gasteiger partial charge in [-0.05, 0) is 24.6 Å². The zero-order valence-electron chi connectivity index (χ0n) is 13.3. The average molecular weight is 471 g/mol. The van der Waals surface area contributed by atoms with Crippen molar-refractivity contribution in [2.75, 3.05) is 6.54 Å². The van der Waals surface area contributed by atoms with Crippen LogP contribution in [0.4, 0.5) is 4.39 Å². The Balaban J connectivity index is 2.42. The van der Waals surface area contributed by atoms with Gasteiger partial charge in [-0.2, -0.15) is 0 Å². The van der Waals surface area contributed by atoms with Crippen LogP contribution in [0.25, 0.3) is 11.3 Å². The molecule has 1 atom stereocenters. The molecule has 1 aromatic carbocycles. The molecule has 1 heterocycles. The quantitative estimate of drug-likeness (QED) is 0.326. The van der Waals surface area contributed by atoms with Crippen LogP contribution in [0.5, 0.6) is 11.5 Å². The number of benzene rings is 1. The first-order chi connectivity index (χ1) is 12.2. The number of carbonyl (C=O) groups excluding carboxylic acids is 1. The number of ether oxygens (including phenoxy) is 1. The van der Waals surface area contributed by atoms with Gasteiger partial charge in [0.25, 0.3) is 0 Å². The van der Waals surface area contributed by atoms with Gasteiger partial charge in [-0.15, -0.1) is 0 Å². The Kier molecular flexibility index (Phi) is 7.04. The first-order valence-electron chi connectivity index (χ1n) is 7.22. The number of halogens is 3. The van der Waals surface area contributed by atoms with Gasteiger partial charge in [0.1, 0.15) is 5.82 Å². The summed E-state index contributed by atoms with van der Waals surface area (Å²) in [4.78, 5) is 10.8. The minimum atomic E-state index is -2.75. The first kappa shape index (κ1) is 20.7. The summed E-state index contributed by atoms with van der Waals surface area (Å²) >= 11 is 9.05. The lowest BCUT2D eigenvalue weighted by Gasteiger charge is -2.08. The Labute approximate surface area is 163 Å². The van der Waals surface area contributed by atoms with Gasteiger partial charge < -0.3 is 14.3 Å². The summed E-state index contributed by atoms with van der Waals surface area (Å²) in [5.41, 5.74) is 0.272. The highest BCUT2D eigenvalue weighted by Crippen LogP contribution is 2.48. The normalized spacial score (nSPS) is 12.3. The first-order valence-corrected chi connectivity index (χ1v) is 9.69. The van der Waals surface area contributed by atoms with Crippen molar-refractivity contribution in [2.24, 2.45) is 0 Å². The summed E-state index contributed by atoms with van der Waals surface area (Å²) < 4.78 is 47.3. The molecule has 0 aliphatic rings. The number of hydrogen-bond donors (Lipinski definition) is 3. The summed E-state index contributed by atoms with van der Waals surface area (Å²) in [7, 11) is -2.75. The maximum Gasteiger partial charge on any atom is 0.308 e. The molecule has 1 aromatic heterocycles. The van der Waals surface area contributed by atoms with Gasteiger partial charge in [-0.25, -0.2) is 17.5 Å². The second-order valence-corrected chi connectivity index (χ2v) is 7.46. The van der Waals surface area contributed by atoms with Crippen molar-refractivity contribution in [1.82, 2.24) is 4.72 Å². The van der Waals surface area contributed by atoms with Gasteiger partial charge in [-0.3, -0.25) is 4.79 Å². The number of thiol groups is 1. The van der Waals surface area contributed by atoms with Gasteiger partial charge in [-0.1, -0.05) is 27.5 Å². The molecule has 7 nitrogen and oxygen atoms in total. The highest BCUT2D eigenvalue weighted by molar-refractivity contribution is 9.09. The Morgan fingerprint density at radius 3 is 2.77 bits per heavy atom. The smallest absolute Gasteiger partial charge is 0.308 e. The lowest BCUT2D eigenvalue weighted by atomic mass is 10.1. The van der Waals surface area contributed by atoms with Crippen molar-refractivity contribution in [3.63, 3.8) is 0 Å². The SMILES string of the molecule is CC(=O)Oc1c(C(Br)CCN[SH](=O)=O)oc(-c2ccc(F)c(Cl)c2)c1O. The molecular weight excluding hydrogens is 457 g/mol. The maximum atomic E-state index is 13.3. The molecule has 0 radical (unpaired) electrons. The average Bonchev–Trinajstić information content (AvgIpc) is 2.86. The molecule has 11 heteroatoms. The van der Waals surface area contributed by atoms with Crippen LogP contribution < -0.4 is 9.46 Å². The van der Waals surface area contributed by atoms with Crippen LogP contribution in [-0.4, -0.2) is 26.0 Å². The van der Waals surface area contributed by atoms with E-state index in [1.807, 2.05) is 0 Å². The molecule has 0 aliphatic heterocycles. The van der Waals surface area contributed by atoms with E-state index in [-0.39, 0.29) is 40.8 Å². The van der Waals surface area contributed by atoms with Crippen LogP contribution in [0.1, 0.15) is 23.9 Å².